The average Bonchev–Trinajstić information content (AvgIpc) is 3.90. The minimum absolute atomic E-state index is 0.871. The number of hydrogen-bond acceptors (Lipinski definition) is 3. The first-order chi connectivity index (χ1) is 30.3. The largest absolute Gasteiger partial charge is 0.456 e. The van der Waals surface area contributed by atoms with Gasteiger partial charge in [0.25, 0.3) is 0 Å². The number of nitrogens with zero attached hydrogens (tertiary/aromatic N) is 1. The number of para-hydroxylation sites is 4. The third-order valence-electron chi connectivity index (χ3n) is 12.1. The predicted molar refractivity (Wildman–Crippen MR) is 255 cm³/mol. The molecule has 0 amide bonds. The van der Waals surface area contributed by atoms with Crippen molar-refractivity contribution in [3.05, 3.63) is 224 Å². The van der Waals surface area contributed by atoms with E-state index in [2.05, 4.69) is 211 Å². The maximum Gasteiger partial charge on any atom is 0.136 e. The summed E-state index contributed by atoms with van der Waals surface area (Å²) >= 11 is 0. The minimum Gasteiger partial charge on any atom is -0.456 e. The molecule has 0 radical (unpaired) electrons. The molecule has 0 saturated carbocycles. The molecule has 0 N–H and O–H groups in total. The van der Waals surface area contributed by atoms with Gasteiger partial charge < -0.3 is 13.7 Å². The van der Waals surface area contributed by atoms with Gasteiger partial charge in [0.1, 0.15) is 22.3 Å². The molecule has 0 unspecified atom stereocenters. The second kappa shape index (κ2) is 14.3. The van der Waals surface area contributed by atoms with Gasteiger partial charge in [-0.05, 0) is 98.8 Å². The normalized spacial score (nSPS) is 11.6. The Morgan fingerprint density at radius 1 is 0.279 bits per heavy atom. The summed E-state index contributed by atoms with van der Waals surface area (Å²) in [4.78, 5) is 2.43. The molecule has 0 bridgehead atoms. The Hall–Kier alpha value is -8.14. The summed E-state index contributed by atoms with van der Waals surface area (Å²) in [5, 5.41) is 6.89. The lowest BCUT2D eigenvalue weighted by Gasteiger charge is -2.30. The van der Waals surface area contributed by atoms with Crippen molar-refractivity contribution in [2.75, 3.05) is 4.90 Å². The summed E-state index contributed by atoms with van der Waals surface area (Å²) in [5.74, 6) is 0. The molecule has 0 aliphatic carbocycles. The van der Waals surface area contributed by atoms with Crippen LogP contribution in [0.1, 0.15) is 0 Å². The van der Waals surface area contributed by atoms with Crippen LogP contribution >= 0.6 is 0 Å². The first-order valence-electron chi connectivity index (χ1n) is 20.7. The number of benzene rings is 10. The van der Waals surface area contributed by atoms with E-state index in [1.54, 1.807) is 0 Å². The minimum atomic E-state index is 0.871. The fourth-order valence-electron chi connectivity index (χ4n) is 9.33. The Labute approximate surface area is 353 Å². The van der Waals surface area contributed by atoms with Gasteiger partial charge in [0.05, 0.1) is 11.4 Å². The van der Waals surface area contributed by atoms with Gasteiger partial charge in [-0.25, -0.2) is 0 Å². The average molecular weight is 780 g/mol. The Balaban J connectivity index is 1.08. The predicted octanol–water partition coefficient (Wildman–Crippen LogP) is 16.8. The summed E-state index contributed by atoms with van der Waals surface area (Å²) in [6.07, 6.45) is 0. The number of fused-ring (bicyclic) bond motifs is 7. The van der Waals surface area contributed by atoms with Crippen LogP contribution in [-0.2, 0) is 0 Å². The molecule has 0 aliphatic heterocycles. The molecule has 0 aliphatic rings. The molecule has 286 valence electrons. The number of anilines is 3. The maximum atomic E-state index is 6.43. The zero-order valence-corrected chi connectivity index (χ0v) is 33.1. The van der Waals surface area contributed by atoms with Crippen LogP contribution in [0.3, 0.4) is 0 Å². The fraction of sp³-hybridized carbons (Fsp3) is 0. The summed E-state index contributed by atoms with van der Waals surface area (Å²) < 4.78 is 12.7. The van der Waals surface area contributed by atoms with Crippen LogP contribution in [0.25, 0.3) is 99.2 Å². The van der Waals surface area contributed by atoms with E-state index in [1.165, 1.54) is 27.5 Å². The van der Waals surface area contributed by atoms with E-state index in [-0.39, 0.29) is 0 Å². The second-order valence-corrected chi connectivity index (χ2v) is 15.6. The van der Waals surface area contributed by atoms with Crippen LogP contribution in [0.2, 0.25) is 0 Å². The van der Waals surface area contributed by atoms with Crippen molar-refractivity contribution < 1.29 is 8.83 Å². The van der Waals surface area contributed by atoms with Crippen molar-refractivity contribution in [3.63, 3.8) is 0 Å². The summed E-state index contributed by atoms with van der Waals surface area (Å²) in [7, 11) is 0. The second-order valence-electron chi connectivity index (χ2n) is 15.6. The van der Waals surface area contributed by atoms with Gasteiger partial charge in [-0.1, -0.05) is 170 Å². The van der Waals surface area contributed by atoms with E-state index in [9.17, 15) is 0 Å². The van der Waals surface area contributed by atoms with Gasteiger partial charge in [0, 0.05) is 38.4 Å². The molecular formula is C58H37NO2. The van der Waals surface area contributed by atoms with Crippen molar-refractivity contribution in [2.45, 2.75) is 0 Å². The zero-order chi connectivity index (χ0) is 40.3. The molecule has 2 heterocycles. The highest BCUT2D eigenvalue weighted by atomic mass is 16.3. The lowest BCUT2D eigenvalue weighted by molar-refractivity contribution is 0.668. The Morgan fingerprint density at radius 2 is 0.787 bits per heavy atom. The van der Waals surface area contributed by atoms with Crippen LogP contribution in [-0.4, -0.2) is 0 Å². The van der Waals surface area contributed by atoms with Crippen molar-refractivity contribution >= 4 is 71.7 Å². The lowest BCUT2D eigenvalue weighted by atomic mass is 9.90. The maximum absolute atomic E-state index is 6.43. The quantitative estimate of drug-likeness (QED) is 0.161. The molecule has 12 rings (SSSR count). The SMILES string of the molecule is c1ccc(-c2cccc3cccc(-c4ccccc4N(c4ccc(-c5ccc6c(c5)oc5ccccc56)cc4)c4ccccc4-c4cccc5oc6ccccc6c45)c23)cc1. The summed E-state index contributed by atoms with van der Waals surface area (Å²) in [5.41, 5.74) is 15.9. The lowest BCUT2D eigenvalue weighted by Crippen LogP contribution is -2.12. The molecule has 12 aromatic rings. The molecule has 2 aromatic heterocycles. The Morgan fingerprint density at radius 3 is 1.52 bits per heavy atom. The monoisotopic (exact) mass is 779 g/mol. The number of furan rings is 2. The van der Waals surface area contributed by atoms with Crippen LogP contribution in [0.15, 0.2) is 233 Å². The third-order valence-corrected chi connectivity index (χ3v) is 12.1. The highest BCUT2D eigenvalue weighted by Gasteiger charge is 2.24. The van der Waals surface area contributed by atoms with Crippen molar-refractivity contribution in [2.24, 2.45) is 0 Å². The summed E-state index contributed by atoms with van der Waals surface area (Å²) in [6.45, 7) is 0. The molecule has 0 spiro atoms. The van der Waals surface area contributed by atoms with Gasteiger partial charge in [-0.3, -0.25) is 0 Å². The van der Waals surface area contributed by atoms with E-state index in [0.717, 1.165) is 88.8 Å². The first-order valence-corrected chi connectivity index (χ1v) is 20.7. The Bertz CT molecular complexity index is 3590. The summed E-state index contributed by atoms with van der Waals surface area (Å²) in [6, 6.07) is 80.1. The van der Waals surface area contributed by atoms with Crippen LogP contribution < -0.4 is 4.90 Å². The molecule has 61 heavy (non-hydrogen) atoms. The van der Waals surface area contributed by atoms with E-state index >= 15 is 0 Å². The first kappa shape index (κ1) is 34.9. The van der Waals surface area contributed by atoms with E-state index in [4.69, 9.17) is 8.83 Å². The van der Waals surface area contributed by atoms with Gasteiger partial charge in [0.15, 0.2) is 0 Å². The van der Waals surface area contributed by atoms with Crippen LogP contribution in [0, 0.1) is 0 Å². The Kier molecular flexibility index (Phi) is 8.17. The van der Waals surface area contributed by atoms with E-state index < -0.39 is 0 Å². The molecule has 0 atom stereocenters. The highest BCUT2D eigenvalue weighted by molar-refractivity contribution is 6.15. The van der Waals surface area contributed by atoms with Gasteiger partial charge in [0.2, 0.25) is 0 Å². The van der Waals surface area contributed by atoms with Gasteiger partial charge in [-0.15, -0.1) is 0 Å². The van der Waals surface area contributed by atoms with E-state index in [1.807, 2.05) is 18.2 Å². The van der Waals surface area contributed by atoms with Crippen LogP contribution in [0.5, 0.6) is 0 Å². The zero-order valence-electron chi connectivity index (χ0n) is 33.1. The molecule has 3 heteroatoms. The van der Waals surface area contributed by atoms with Crippen molar-refractivity contribution in [1.82, 2.24) is 0 Å². The third kappa shape index (κ3) is 5.82. The number of hydrogen-bond donors (Lipinski definition) is 0. The number of rotatable bonds is 7. The molecule has 10 aromatic carbocycles. The molecule has 3 nitrogen and oxygen atoms in total. The van der Waals surface area contributed by atoms with Crippen molar-refractivity contribution in [1.29, 1.82) is 0 Å². The van der Waals surface area contributed by atoms with Crippen molar-refractivity contribution in [3.8, 4) is 44.5 Å². The molecular weight excluding hydrogens is 743 g/mol. The topological polar surface area (TPSA) is 29.5 Å². The molecule has 0 saturated heterocycles. The van der Waals surface area contributed by atoms with Gasteiger partial charge >= 0.3 is 0 Å². The van der Waals surface area contributed by atoms with Gasteiger partial charge in [-0.2, -0.15) is 0 Å². The van der Waals surface area contributed by atoms with E-state index in [0.29, 0.717) is 0 Å². The smallest absolute Gasteiger partial charge is 0.136 e. The molecule has 0 fully saturated rings. The fourth-order valence-corrected chi connectivity index (χ4v) is 9.33. The standard InChI is InChI=1S/C58H37NO2/c1-2-15-39(16-3-1)43-23-12-17-40-18-13-24-48(57(40)43)44-19-4-8-26-51(44)59(42-34-31-38(32-35-42)41-33-36-47-46-21-6-10-28-53(46)61-56(47)37-41)52-27-9-5-20-45(52)49-25-14-30-55-58(49)50-22-7-11-29-54(50)60-55/h1-37H. The highest BCUT2D eigenvalue weighted by Crippen LogP contribution is 2.49. The van der Waals surface area contributed by atoms with Crippen LogP contribution in [0.4, 0.5) is 17.1 Å².